The maximum absolute atomic E-state index is 13.4. The highest BCUT2D eigenvalue weighted by Gasteiger charge is 2.09. The van der Waals surface area contributed by atoms with Gasteiger partial charge in [0.15, 0.2) is 5.65 Å². The van der Waals surface area contributed by atoms with Crippen molar-refractivity contribution >= 4 is 22.9 Å². The number of nitrogen functional groups attached to an aromatic ring is 1. The lowest BCUT2D eigenvalue weighted by Gasteiger charge is -2.08. The van der Waals surface area contributed by atoms with Crippen LogP contribution in [0.5, 0.6) is 11.5 Å². The van der Waals surface area contributed by atoms with E-state index in [2.05, 4.69) is 10.1 Å². The summed E-state index contributed by atoms with van der Waals surface area (Å²) in [6.45, 7) is 0. The first-order valence-corrected chi connectivity index (χ1v) is 5.73. The number of aromatic nitrogens is 3. The molecule has 7 heteroatoms. The van der Waals surface area contributed by atoms with Crippen molar-refractivity contribution in [3.8, 4) is 11.5 Å². The topological polar surface area (TPSA) is 65.4 Å². The van der Waals surface area contributed by atoms with E-state index in [-0.39, 0.29) is 16.5 Å². The van der Waals surface area contributed by atoms with Gasteiger partial charge in [-0.25, -0.2) is 13.9 Å². The van der Waals surface area contributed by atoms with Crippen LogP contribution in [-0.4, -0.2) is 14.6 Å². The van der Waals surface area contributed by atoms with Crippen LogP contribution in [0, 0.1) is 5.82 Å². The molecule has 0 amide bonds. The van der Waals surface area contributed by atoms with Gasteiger partial charge in [-0.1, -0.05) is 11.6 Å². The first kappa shape index (κ1) is 11.7. The molecule has 96 valence electrons. The zero-order valence-electron chi connectivity index (χ0n) is 9.55. The summed E-state index contributed by atoms with van der Waals surface area (Å²) in [5.41, 5.74) is 6.00. The average molecular weight is 279 g/mol. The van der Waals surface area contributed by atoms with Crippen LogP contribution in [0.15, 0.2) is 36.8 Å². The van der Waals surface area contributed by atoms with Crippen LogP contribution in [0.1, 0.15) is 0 Å². The molecule has 2 N–H and O–H groups in total. The van der Waals surface area contributed by atoms with Gasteiger partial charge < -0.3 is 10.5 Å². The first-order chi connectivity index (χ1) is 9.13. The normalized spacial score (nSPS) is 10.8. The smallest absolute Gasteiger partial charge is 0.158 e. The summed E-state index contributed by atoms with van der Waals surface area (Å²) in [5, 5.41) is 4.19. The van der Waals surface area contributed by atoms with Crippen LogP contribution < -0.4 is 10.5 Å². The summed E-state index contributed by atoms with van der Waals surface area (Å²) in [4.78, 5) is 4.02. The number of fused-ring (bicyclic) bond motifs is 1. The second kappa shape index (κ2) is 4.40. The molecule has 0 bridgehead atoms. The van der Waals surface area contributed by atoms with Gasteiger partial charge in [-0.3, -0.25) is 0 Å². The zero-order valence-corrected chi connectivity index (χ0v) is 10.3. The number of nitrogens with zero attached hydrogens (tertiary/aromatic N) is 3. The van der Waals surface area contributed by atoms with Gasteiger partial charge in [0.05, 0.1) is 10.7 Å². The van der Waals surface area contributed by atoms with Crippen molar-refractivity contribution in [1.82, 2.24) is 14.6 Å². The molecule has 19 heavy (non-hydrogen) atoms. The van der Waals surface area contributed by atoms with Crippen LogP contribution in [0.25, 0.3) is 5.65 Å². The Kier molecular flexibility index (Phi) is 2.72. The van der Waals surface area contributed by atoms with Gasteiger partial charge in [0, 0.05) is 18.3 Å². The van der Waals surface area contributed by atoms with Crippen molar-refractivity contribution in [2.75, 3.05) is 5.73 Å². The summed E-state index contributed by atoms with van der Waals surface area (Å²) in [5.74, 6) is 0.0896. The van der Waals surface area contributed by atoms with Crippen LogP contribution in [0.4, 0.5) is 10.1 Å². The molecular formula is C12H8ClFN4O. The van der Waals surface area contributed by atoms with E-state index in [0.29, 0.717) is 11.4 Å². The number of pyridine rings is 1. The molecule has 0 atom stereocenters. The van der Waals surface area contributed by atoms with Gasteiger partial charge >= 0.3 is 0 Å². The lowest BCUT2D eigenvalue weighted by molar-refractivity contribution is 0.477. The Labute approximate surface area is 112 Å². The van der Waals surface area contributed by atoms with Crippen LogP contribution in [0.2, 0.25) is 5.02 Å². The monoisotopic (exact) mass is 278 g/mol. The molecule has 5 nitrogen and oxygen atoms in total. The predicted octanol–water partition coefficient (Wildman–Crippen LogP) is 2.90. The standard InChI is InChI=1S/C12H8ClFN4O/c13-8-4-10(15)9(14)5-11(8)19-7-1-2-18-12(3-7)16-6-17-18/h1-6H,15H2. The average Bonchev–Trinajstić information content (AvgIpc) is 2.83. The molecule has 3 rings (SSSR count). The molecule has 2 heterocycles. The van der Waals surface area contributed by atoms with Crippen molar-refractivity contribution in [3.63, 3.8) is 0 Å². The molecule has 0 aliphatic carbocycles. The van der Waals surface area contributed by atoms with Crippen LogP contribution in [-0.2, 0) is 0 Å². The summed E-state index contributed by atoms with van der Waals surface area (Å²) < 4.78 is 20.5. The number of nitrogens with two attached hydrogens (primary N) is 1. The fourth-order valence-electron chi connectivity index (χ4n) is 1.61. The Morgan fingerprint density at radius 1 is 1.32 bits per heavy atom. The molecule has 3 aromatic rings. The Balaban J connectivity index is 1.98. The number of ether oxygens (including phenoxy) is 1. The Morgan fingerprint density at radius 2 is 2.16 bits per heavy atom. The van der Waals surface area contributed by atoms with E-state index in [4.69, 9.17) is 22.1 Å². The molecule has 0 spiro atoms. The molecule has 0 aliphatic heterocycles. The van der Waals surface area contributed by atoms with E-state index in [1.165, 1.54) is 12.4 Å². The van der Waals surface area contributed by atoms with Crippen LogP contribution >= 0.6 is 11.6 Å². The fraction of sp³-hybridized carbons (Fsp3) is 0. The van der Waals surface area contributed by atoms with Gasteiger partial charge in [0.25, 0.3) is 0 Å². The third-order valence-corrected chi connectivity index (χ3v) is 2.83. The minimum atomic E-state index is -0.581. The third kappa shape index (κ3) is 2.17. The number of benzene rings is 1. The highest BCUT2D eigenvalue weighted by Crippen LogP contribution is 2.32. The number of halogens is 2. The van der Waals surface area contributed by atoms with Gasteiger partial charge in [-0.2, -0.15) is 5.10 Å². The highest BCUT2D eigenvalue weighted by atomic mass is 35.5. The van der Waals surface area contributed by atoms with Crippen molar-refractivity contribution in [2.45, 2.75) is 0 Å². The Morgan fingerprint density at radius 3 is 3.00 bits per heavy atom. The molecule has 0 saturated carbocycles. The molecule has 2 aromatic heterocycles. The SMILES string of the molecule is Nc1cc(Cl)c(Oc2ccn3ncnc3c2)cc1F. The summed E-state index contributed by atoms with van der Waals surface area (Å²) in [6, 6.07) is 5.79. The Hall–Kier alpha value is -2.34. The van der Waals surface area contributed by atoms with E-state index >= 15 is 0 Å². The van der Waals surface area contributed by atoms with Gasteiger partial charge in [0.2, 0.25) is 0 Å². The minimum absolute atomic E-state index is 0.0229. The summed E-state index contributed by atoms with van der Waals surface area (Å²) in [6.07, 6.45) is 3.11. The maximum atomic E-state index is 13.4. The third-order valence-electron chi connectivity index (χ3n) is 2.53. The lowest BCUT2D eigenvalue weighted by Crippen LogP contribution is -1.94. The van der Waals surface area contributed by atoms with E-state index in [9.17, 15) is 4.39 Å². The largest absolute Gasteiger partial charge is 0.455 e. The predicted molar refractivity (Wildman–Crippen MR) is 68.9 cm³/mol. The van der Waals surface area contributed by atoms with Gasteiger partial charge in [0.1, 0.15) is 23.6 Å². The molecule has 0 fully saturated rings. The number of anilines is 1. The molecule has 0 saturated heterocycles. The molecule has 0 unspecified atom stereocenters. The number of rotatable bonds is 2. The zero-order chi connectivity index (χ0) is 13.4. The quantitative estimate of drug-likeness (QED) is 0.732. The van der Waals surface area contributed by atoms with Gasteiger partial charge in [-0.15, -0.1) is 0 Å². The van der Waals surface area contributed by atoms with Crippen molar-refractivity contribution in [2.24, 2.45) is 0 Å². The van der Waals surface area contributed by atoms with E-state index < -0.39 is 5.82 Å². The molecule has 0 radical (unpaired) electrons. The van der Waals surface area contributed by atoms with Crippen molar-refractivity contribution in [3.05, 3.63) is 47.6 Å². The van der Waals surface area contributed by atoms with E-state index in [1.807, 2.05) is 0 Å². The minimum Gasteiger partial charge on any atom is -0.455 e. The van der Waals surface area contributed by atoms with E-state index in [1.54, 1.807) is 22.8 Å². The van der Waals surface area contributed by atoms with Crippen molar-refractivity contribution in [1.29, 1.82) is 0 Å². The number of hydrogen-bond acceptors (Lipinski definition) is 4. The van der Waals surface area contributed by atoms with Gasteiger partial charge in [-0.05, 0) is 12.1 Å². The summed E-state index contributed by atoms with van der Waals surface area (Å²) >= 11 is 5.94. The molecular weight excluding hydrogens is 271 g/mol. The summed E-state index contributed by atoms with van der Waals surface area (Å²) in [7, 11) is 0. The Bertz CT molecular complexity index is 759. The van der Waals surface area contributed by atoms with Crippen molar-refractivity contribution < 1.29 is 9.13 Å². The molecule has 0 aliphatic rings. The first-order valence-electron chi connectivity index (χ1n) is 5.35. The second-order valence-electron chi connectivity index (χ2n) is 3.83. The lowest BCUT2D eigenvalue weighted by atomic mass is 10.3. The maximum Gasteiger partial charge on any atom is 0.158 e. The molecule has 1 aromatic carbocycles. The number of hydrogen-bond donors (Lipinski definition) is 1. The van der Waals surface area contributed by atoms with Crippen LogP contribution in [0.3, 0.4) is 0 Å². The highest BCUT2D eigenvalue weighted by molar-refractivity contribution is 6.32. The second-order valence-corrected chi connectivity index (χ2v) is 4.24. The van der Waals surface area contributed by atoms with E-state index in [0.717, 1.165) is 6.07 Å². The fourth-order valence-corrected chi connectivity index (χ4v) is 1.82.